The second kappa shape index (κ2) is 6.03. The largest absolute Gasteiger partial charge is 0.481 e. The molecule has 3 rings (SSSR count). The standard InChI is InChI=1S/C14H16N6O3/c1-9(21)19(4-2-3-11(22)23)6-10-5-15-14-12-13(17-7-16-12)18-8-20(10)14/h5,7-8H,2-4,6H2,1H3,(H,16,17)(H,22,23). The molecule has 2 N–H and O–H groups in total. The Labute approximate surface area is 131 Å². The molecule has 0 aromatic carbocycles. The van der Waals surface area contributed by atoms with Crippen molar-refractivity contribution in [1.82, 2.24) is 29.2 Å². The van der Waals surface area contributed by atoms with Crippen molar-refractivity contribution >= 4 is 28.7 Å². The van der Waals surface area contributed by atoms with Crippen LogP contribution >= 0.6 is 0 Å². The van der Waals surface area contributed by atoms with Crippen LogP contribution in [0.5, 0.6) is 0 Å². The summed E-state index contributed by atoms with van der Waals surface area (Å²) in [6, 6.07) is 0. The Morgan fingerprint density at radius 2 is 2.17 bits per heavy atom. The van der Waals surface area contributed by atoms with Crippen molar-refractivity contribution in [2.75, 3.05) is 6.54 Å². The first-order valence-corrected chi connectivity index (χ1v) is 7.17. The second-order valence-corrected chi connectivity index (χ2v) is 5.23. The molecule has 0 atom stereocenters. The summed E-state index contributed by atoms with van der Waals surface area (Å²) in [5, 5.41) is 8.71. The van der Waals surface area contributed by atoms with Gasteiger partial charge in [0.25, 0.3) is 0 Å². The third-order valence-corrected chi connectivity index (χ3v) is 3.63. The maximum absolute atomic E-state index is 11.8. The number of H-pyrrole nitrogens is 1. The van der Waals surface area contributed by atoms with Crippen molar-refractivity contribution in [2.24, 2.45) is 0 Å². The van der Waals surface area contributed by atoms with Gasteiger partial charge in [0.2, 0.25) is 5.91 Å². The Balaban J connectivity index is 1.83. The van der Waals surface area contributed by atoms with Gasteiger partial charge in [-0.3, -0.25) is 14.0 Å². The van der Waals surface area contributed by atoms with Crippen molar-refractivity contribution in [2.45, 2.75) is 26.3 Å². The van der Waals surface area contributed by atoms with Gasteiger partial charge < -0.3 is 15.0 Å². The molecule has 120 valence electrons. The highest BCUT2D eigenvalue weighted by Crippen LogP contribution is 2.16. The predicted octanol–water partition coefficient (Wildman–Crippen LogP) is 0.819. The minimum Gasteiger partial charge on any atom is -0.481 e. The fourth-order valence-electron chi connectivity index (χ4n) is 2.45. The molecule has 0 radical (unpaired) electrons. The first-order valence-electron chi connectivity index (χ1n) is 7.17. The van der Waals surface area contributed by atoms with Crippen LogP contribution in [0.1, 0.15) is 25.5 Å². The molecule has 1 amide bonds. The van der Waals surface area contributed by atoms with Gasteiger partial charge >= 0.3 is 5.97 Å². The molecule has 0 fully saturated rings. The summed E-state index contributed by atoms with van der Waals surface area (Å²) < 4.78 is 1.80. The van der Waals surface area contributed by atoms with Crippen molar-refractivity contribution in [3.05, 3.63) is 24.5 Å². The van der Waals surface area contributed by atoms with Gasteiger partial charge in [0.15, 0.2) is 11.3 Å². The van der Waals surface area contributed by atoms with Gasteiger partial charge in [0.05, 0.1) is 24.8 Å². The number of aliphatic carboxylic acids is 1. The van der Waals surface area contributed by atoms with E-state index in [1.54, 1.807) is 28.2 Å². The number of rotatable bonds is 6. The maximum Gasteiger partial charge on any atom is 0.303 e. The highest BCUT2D eigenvalue weighted by Gasteiger charge is 2.15. The number of carbonyl (C=O) groups excluding carboxylic acids is 1. The van der Waals surface area contributed by atoms with Crippen LogP contribution in [0, 0.1) is 0 Å². The summed E-state index contributed by atoms with van der Waals surface area (Å²) in [5.74, 6) is -0.977. The van der Waals surface area contributed by atoms with E-state index in [0.717, 1.165) is 11.2 Å². The number of carbonyl (C=O) groups is 2. The van der Waals surface area contributed by atoms with Gasteiger partial charge in [-0.25, -0.2) is 15.0 Å². The predicted molar refractivity (Wildman–Crippen MR) is 80.6 cm³/mol. The average molecular weight is 316 g/mol. The van der Waals surface area contributed by atoms with E-state index in [-0.39, 0.29) is 12.3 Å². The first-order chi connectivity index (χ1) is 11.1. The van der Waals surface area contributed by atoms with Crippen molar-refractivity contribution in [1.29, 1.82) is 0 Å². The number of aromatic amines is 1. The molecule has 9 nitrogen and oxygen atoms in total. The van der Waals surface area contributed by atoms with Gasteiger partial charge in [-0.1, -0.05) is 0 Å². The van der Waals surface area contributed by atoms with Crippen LogP contribution in [0.3, 0.4) is 0 Å². The van der Waals surface area contributed by atoms with Crippen LogP contribution in [0.2, 0.25) is 0 Å². The molecule has 23 heavy (non-hydrogen) atoms. The second-order valence-electron chi connectivity index (χ2n) is 5.23. The quantitative estimate of drug-likeness (QED) is 0.695. The summed E-state index contributed by atoms with van der Waals surface area (Å²) in [6.07, 6.45) is 5.31. The van der Waals surface area contributed by atoms with Gasteiger partial charge in [0.1, 0.15) is 11.8 Å². The minimum absolute atomic E-state index is 0.0350. The van der Waals surface area contributed by atoms with E-state index < -0.39 is 5.97 Å². The zero-order valence-electron chi connectivity index (χ0n) is 12.6. The summed E-state index contributed by atoms with van der Waals surface area (Å²) in [6.45, 7) is 2.20. The molecule has 0 bridgehead atoms. The van der Waals surface area contributed by atoms with Crippen molar-refractivity contribution in [3.63, 3.8) is 0 Å². The normalized spacial score (nSPS) is 11.2. The van der Waals surface area contributed by atoms with Gasteiger partial charge in [-0.2, -0.15) is 0 Å². The molecule has 0 saturated heterocycles. The lowest BCUT2D eigenvalue weighted by Crippen LogP contribution is -2.30. The van der Waals surface area contributed by atoms with E-state index in [2.05, 4.69) is 19.9 Å². The molecule has 0 aliphatic heterocycles. The molecule has 3 aromatic rings. The number of nitrogens with one attached hydrogen (secondary N) is 1. The number of carboxylic acids is 1. The summed E-state index contributed by atoms with van der Waals surface area (Å²) in [4.78, 5) is 39.7. The Bertz CT molecular complexity index is 868. The molecule has 0 aliphatic rings. The molecular weight excluding hydrogens is 300 g/mol. The van der Waals surface area contributed by atoms with Crippen LogP contribution in [0.15, 0.2) is 18.9 Å². The lowest BCUT2D eigenvalue weighted by molar-refractivity contribution is -0.138. The number of imidazole rings is 2. The van der Waals surface area contributed by atoms with E-state index in [1.165, 1.54) is 6.92 Å². The van der Waals surface area contributed by atoms with Crippen LogP contribution < -0.4 is 0 Å². The van der Waals surface area contributed by atoms with Crippen molar-refractivity contribution < 1.29 is 14.7 Å². The van der Waals surface area contributed by atoms with Gasteiger partial charge in [0, 0.05) is 19.9 Å². The van der Waals surface area contributed by atoms with Crippen LogP contribution in [0.25, 0.3) is 16.8 Å². The highest BCUT2D eigenvalue weighted by molar-refractivity contribution is 5.84. The summed E-state index contributed by atoms with van der Waals surface area (Å²) >= 11 is 0. The monoisotopic (exact) mass is 316 g/mol. The topological polar surface area (TPSA) is 116 Å². The number of fused-ring (bicyclic) bond motifs is 3. The van der Waals surface area contributed by atoms with E-state index in [0.29, 0.717) is 30.8 Å². The van der Waals surface area contributed by atoms with Gasteiger partial charge in [-0.05, 0) is 6.42 Å². The lowest BCUT2D eigenvalue weighted by Gasteiger charge is -2.20. The van der Waals surface area contributed by atoms with Crippen LogP contribution in [-0.2, 0) is 16.1 Å². The zero-order chi connectivity index (χ0) is 16.4. The Morgan fingerprint density at radius 3 is 2.91 bits per heavy atom. The third-order valence-electron chi connectivity index (χ3n) is 3.63. The Kier molecular flexibility index (Phi) is 3.92. The summed E-state index contributed by atoms with van der Waals surface area (Å²) in [7, 11) is 0. The fraction of sp³-hybridized carbons (Fsp3) is 0.357. The van der Waals surface area contributed by atoms with E-state index >= 15 is 0 Å². The molecular formula is C14H16N6O3. The van der Waals surface area contributed by atoms with E-state index in [9.17, 15) is 9.59 Å². The average Bonchev–Trinajstić information content (AvgIpc) is 3.11. The number of aromatic nitrogens is 5. The number of hydrogen-bond donors (Lipinski definition) is 2. The Hall–Kier alpha value is -2.97. The van der Waals surface area contributed by atoms with E-state index in [1.807, 2.05) is 0 Å². The Morgan fingerprint density at radius 1 is 1.35 bits per heavy atom. The number of amides is 1. The smallest absolute Gasteiger partial charge is 0.303 e. The number of carboxylic acid groups (broad SMARTS) is 1. The van der Waals surface area contributed by atoms with E-state index in [4.69, 9.17) is 5.11 Å². The summed E-state index contributed by atoms with van der Waals surface area (Å²) in [5.41, 5.74) is 2.81. The number of hydrogen-bond acceptors (Lipinski definition) is 5. The molecule has 0 aliphatic carbocycles. The SMILES string of the molecule is CC(=O)N(CCCC(=O)O)Cc1cnc2c3[nH]cnc3ncn12. The zero-order valence-corrected chi connectivity index (χ0v) is 12.6. The number of nitrogens with zero attached hydrogens (tertiary/aromatic N) is 5. The van der Waals surface area contributed by atoms with Crippen LogP contribution in [-0.4, -0.2) is 52.8 Å². The molecule has 0 spiro atoms. The van der Waals surface area contributed by atoms with Gasteiger partial charge in [-0.15, -0.1) is 0 Å². The van der Waals surface area contributed by atoms with Crippen molar-refractivity contribution in [3.8, 4) is 0 Å². The molecule has 0 saturated carbocycles. The molecule has 3 aromatic heterocycles. The molecule has 9 heteroatoms. The minimum atomic E-state index is -0.867. The molecule has 0 unspecified atom stereocenters. The molecule has 3 heterocycles. The highest BCUT2D eigenvalue weighted by atomic mass is 16.4. The first kappa shape index (κ1) is 14.9. The third kappa shape index (κ3) is 2.98. The van der Waals surface area contributed by atoms with Crippen LogP contribution in [0.4, 0.5) is 0 Å². The lowest BCUT2D eigenvalue weighted by atomic mass is 10.2. The maximum atomic E-state index is 11.8. The fourth-order valence-corrected chi connectivity index (χ4v) is 2.45.